The van der Waals surface area contributed by atoms with Crippen LogP contribution in [-0.2, 0) is 4.79 Å². The molecule has 0 radical (unpaired) electrons. The average Bonchev–Trinajstić information content (AvgIpc) is 2.30. The van der Waals surface area contributed by atoms with E-state index in [1.807, 2.05) is 13.8 Å². The van der Waals surface area contributed by atoms with Gasteiger partial charge < -0.3 is 16.0 Å². The summed E-state index contributed by atoms with van der Waals surface area (Å²) in [6.07, 6.45) is 0. The molecule has 19 heavy (non-hydrogen) atoms. The van der Waals surface area contributed by atoms with E-state index in [-0.39, 0.29) is 12.6 Å². The molecule has 0 heterocycles. The van der Waals surface area contributed by atoms with Gasteiger partial charge in [0.25, 0.3) is 0 Å². The van der Waals surface area contributed by atoms with Gasteiger partial charge in [0.05, 0.1) is 22.3 Å². The molecule has 3 amide bonds. The van der Waals surface area contributed by atoms with Gasteiger partial charge in [-0.3, -0.25) is 4.79 Å². The third-order valence-corrected chi connectivity index (χ3v) is 2.69. The molecule has 0 aromatic heterocycles. The van der Waals surface area contributed by atoms with Gasteiger partial charge in [-0.05, 0) is 26.0 Å². The summed E-state index contributed by atoms with van der Waals surface area (Å²) in [6.45, 7) is 3.48. The van der Waals surface area contributed by atoms with Gasteiger partial charge in [-0.15, -0.1) is 0 Å². The van der Waals surface area contributed by atoms with E-state index in [1.54, 1.807) is 18.2 Å². The van der Waals surface area contributed by atoms with Gasteiger partial charge in [0.2, 0.25) is 5.91 Å². The Labute approximate surface area is 121 Å². The highest BCUT2D eigenvalue weighted by Crippen LogP contribution is 2.29. The van der Waals surface area contributed by atoms with Crippen LogP contribution >= 0.6 is 23.2 Å². The maximum atomic E-state index is 11.6. The first-order valence-electron chi connectivity index (χ1n) is 5.68. The molecular weight excluding hydrogens is 289 g/mol. The summed E-state index contributed by atoms with van der Waals surface area (Å²) < 4.78 is 0. The van der Waals surface area contributed by atoms with Crippen molar-refractivity contribution in [1.29, 1.82) is 0 Å². The van der Waals surface area contributed by atoms with Gasteiger partial charge in [0.15, 0.2) is 0 Å². The summed E-state index contributed by atoms with van der Waals surface area (Å²) >= 11 is 11.8. The van der Waals surface area contributed by atoms with Gasteiger partial charge in [0, 0.05) is 6.04 Å². The number of hydrogen-bond acceptors (Lipinski definition) is 2. The number of hydrogen-bond donors (Lipinski definition) is 3. The van der Waals surface area contributed by atoms with E-state index in [4.69, 9.17) is 23.2 Å². The fourth-order valence-corrected chi connectivity index (χ4v) is 1.77. The highest BCUT2D eigenvalue weighted by molar-refractivity contribution is 6.39. The highest BCUT2D eigenvalue weighted by atomic mass is 35.5. The van der Waals surface area contributed by atoms with Gasteiger partial charge >= 0.3 is 6.03 Å². The zero-order valence-corrected chi connectivity index (χ0v) is 12.1. The van der Waals surface area contributed by atoms with Crippen LogP contribution in [0.15, 0.2) is 18.2 Å². The monoisotopic (exact) mass is 303 g/mol. The Morgan fingerprint density at radius 3 is 2.32 bits per heavy atom. The van der Waals surface area contributed by atoms with Crippen LogP contribution in [0.25, 0.3) is 0 Å². The van der Waals surface area contributed by atoms with Crippen molar-refractivity contribution in [1.82, 2.24) is 10.6 Å². The van der Waals surface area contributed by atoms with Crippen molar-refractivity contribution in [3.8, 4) is 0 Å². The molecule has 0 bridgehead atoms. The Hall–Kier alpha value is -1.46. The first-order valence-corrected chi connectivity index (χ1v) is 6.44. The van der Waals surface area contributed by atoms with E-state index in [0.717, 1.165) is 0 Å². The smallest absolute Gasteiger partial charge is 0.315 e. The van der Waals surface area contributed by atoms with Crippen LogP contribution in [0.1, 0.15) is 13.8 Å². The number of halogens is 2. The Balaban J connectivity index is 2.50. The van der Waals surface area contributed by atoms with E-state index in [1.165, 1.54) is 0 Å². The molecule has 0 spiro atoms. The Morgan fingerprint density at radius 1 is 1.21 bits per heavy atom. The Kier molecular flexibility index (Phi) is 5.92. The number of anilines is 1. The van der Waals surface area contributed by atoms with Gasteiger partial charge in [-0.1, -0.05) is 29.3 Å². The second-order valence-corrected chi connectivity index (χ2v) is 4.94. The minimum atomic E-state index is -0.408. The van der Waals surface area contributed by atoms with E-state index in [9.17, 15) is 9.59 Å². The van der Waals surface area contributed by atoms with Crippen molar-refractivity contribution in [2.45, 2.75) is 19.9 Å². The lowest BCUT2D eigenvalue weighted by Gasteiger charge is -2.11. The number of nitrogens with one attached hydrogen (secondary N) is 3. The molecule has 7 heteroatoms. The predicted octanol–water partition coefficient (Wildman–Crippen LogP) is 2.64. The summed E-state index contributed by atoms with van der Waals surface area (Å²) in [5, 5.41) is 8.25. The fraction of sp³-hybridized carbons (Fsp3) is 0.333. The molecular formula is C12H15Cl2N3O2. The molecule has 0 aliphatic heterocycles. The minimum Gasteiger partial charge on any atom is -0.336 e. The van der Waals surface area contributed by atoms with Crippen LogP contribution in [0, 0.1) is 0 Å². The number of para-hydroxylation sites is 1. The summed E-state index contributed by atoms with van der Waals surface area (Å²) in [6, 6.07) is 4.50. The van der Waals surface area contributed by atoms with Crippen LogP contribution in [0.5, 0.6) is 0 Å². The molecule has 0 aliphatic carbocycles. The molecule has 1 aromatic carbocycles. The summed E-state index contributed by atoms with van der Waals surface area (Å²) in [5.74, 6) is -0.408. The van der Waals surface area contributed by atoms with Gasteiger partial charge in [-0.25, -0.2) is 4.79 Å². The summed E-state index contributed by atoms with van der Waals surface area (Å²) in [7, 11) is 0. The molecule has 3 N–H and O–H groups in total. The van der Waals surface area contributed by atoms with Crippen LogP contribution in [0.3, 0.4) is 0 Å². The topological polar surface area (TPSA) is 70.2 Å². The van der Waals surface area contributed by atoms with Crippen molar-refractivity contribution in [3.05, 3.63) is 28.2 Å². The minimum absolute atomic E-state index is 0.000994. The third-order valence-electron chi connectivity index (χ3n) is 2.06. The summed E-state index contributed by atoms with van der Waals surface area (Å²) in [5.41, 5.74) is 0.335. The number of urea groups is 1. The largest absolute Gasteiger partial charge is 0.336 e. The first kappa shape index (κ1) is 15.6. The second kappa shape index (κ2) is 7.21. The van der Waals surface area contributed by atoms with Crippen molar-refractivity contribution in [2.24, 2.45) is 0 Å². The fourth-order valence-electron chi connectivity index (χ4n) is 1.27. The molecule has 104 valence electrons. The Morgan fingerprint density at radius 2 is 1.79 bits per heavy atom. The van der Waals surface area contributed by atoms with E-state index >= 15 is 0 Å². The van der Waals surface area contributed by atoms with E-state index < -0.39 is 11.9 Å². The van der Waals surface area contributed by atoms with Crippen molar-refractivity contribution in [2.75, 3.05) is 11.9 Å². The van der Waals surface area contributed by atoms with Crippen LogP contribution in [0.4, 0.5) is 10.5 Å². The molecule has 1 rings (SSSR count). The van der Waals surface area contributed by atoms with Crippen LogP contribution < -0.4 is 16.0 Å². The molecule has 0 atom stereocenters. The van der Waals surface area contributed by atoms with Crippen molar-refractivity contribution in [3.63, 3.8) is 0 Å². The standard InChI is InChI=1S/C12H15Cl2N3O2/c1-7(2)16-12(19)15-6-10(18)17-11-8(13)4-3-5-9(11)14/h3-5,7H,6H2,1-2H3,(H,17,18)(H2,15,16,19). The van der Waals surface area contributed by atoms with Crippen LogP contribution in [-0.4, -0.2) is 24.5 Å². The van der Waals surface area contributed by atoms with Crippen LogP contribution in [0.2, 0.25) is 10.0 Å². The van der Waals surface area contributed by atoms with Gasteiger partial charge in [0.1, 0.15) is 0 Å². The lowest BCUT2D eigenvalue weighted by Crippen LogP contribution is -2.42. The SMILES string of the molecule is CC(C)NC(=O)NCC(=O)Nc1c(Cl)cccc1Cl. The predicted molar refractivity (Wildman–Crippen MR) is 76.8 cm³/mol. The molecule has 0 aliphatic rings. The number of carbonyl (C=O) groups excluding carboxylic acids is 2. The number of rotatable bonds is 4. The molecule has 0 unspecified atom stereocenters. The molecule has 0 fully saturated rings. The highest BCUT2D eigenvalue weighted by Gasteiger charge is 2.10. The quantitative estimate of drug-likeness (QED) is 0.800. The van der Waals surface area contributed by atoms with Crippen molar-refractivity contribution >= 4 is 40.8 Å². The average molecular weight is 304 g/mol. The zero-order valence-electron chi connectivity index (χ0n) is 10.6. The van der Waals surface area contributed by atoms with Crippen molar-refractivity contribution < 1.29 is 9.59 Å². The number of amides is 3. The van der Waals surface area contributed by atoms with E-state index in [0.29, 0.717) is 15.7 Å². The number of benzene rings is 1. The lowest BCUT2D eigenvalue weighted by molar-refractivity contribution is -0.115. The molecule has 5 nitrogen and oxygen atoms in total. The normalized spacial score (nSPS) is 10.2. The third kappa shape index (κ3) is 5.36. The first-order chi connectivity index (χ1) is 8.90. The molecule has 0 saturated heterocycles. The lowest BCUT2D eigenvalue weighted by atomic mass is 10.3. The zero-order chi connectivity index (χ0) is 14.4. The van der Waals surface area contributed by atoms with Gasteiger partial charge in [-0.2, -0.15) is 0 Å². The maximum absolute atomic E-state index is 11.6. The van der Waals surface area contributed by atoms with E-state index in [2.05, 4.69) is 16.0 Å². The Bertz CT molecular complexity index is 458. The molecule has 1 aromatic rings. The number of carbonyl (C=O) groups is 2. The second-order valence-electron chi connectivity index (χ2n) is 4.13. The summed E-state index contributed by atoms with van der Waals surface area (Å²) in [4.78, 5) is 22.9. The molecule has 0 saturated carbocycles. The maximum Gasteiger partial charge on any atom is 0.315 e.